The van der Waals surface area contributed by atoms with Crippen LogP contribution in [0.5, 0.6) is 5.75 Å². The van der Waals surface area contributed by atoms with Gasteiger partial charge in [0.25, 0.3) is 0 Å². The van der Waals surface area contributed by atoms with Gasteiger partial charge >= 0.3 is 6.16 Å². The molecule has 1 aromatic rings. The van der Waals surface area contributed by atoms with Gasteiger partial charge in [-0.25, -0.2) is 4.79 Å². The zero-order valence-corrected chi connectivity index (χ0v) is 16.3. The molecular weight excluding hydrogens is 332 g/mol. The summed E-state index contributed by atoms with van der Waals surface area (Å²) in [5.74, 6) is 0.0878. The van der Waals surface area contributed by atoms with E-state index < -0.39 is 6.16 Å². The lowest BCUT2D eigenvalue weighted by Gasteiger charge is -2.17. The molecule has 0 amide bonds. The lowest BCUT2D eigenvalue weighted by Crippen LogP contribution is -2.20. The molecule has 5 heteroatoms. The Morgan fingerprint density at radius 3 is 2.38 bits per heavy atom. The molecule has 0 fully saturated rings. The van der Waals surface area contributed by atoms with Crippen molar-refractivity contribution in [2.45, 2.75) is 66.2 Å². The standard InChI is InChI=1S/C21H30O5/c1-5-6-7-8-9-10-18(23)16-11-12-19(17(13-16)14-22)26-20(24)25-15-21(2,3)4/h11-14H,5-10,15H2,1-4H3. The van der Waals surface area contributed by atoms with E-state index >= 15 is 0 Å². The summed E-state index contributed by atoms with van der Waals surface area (Å²) in [6.07, 6.45) is 5.51. The van der Waals surface area contributed by atoms with Gasteiger partial charge in [0.2, 0.25) is 0 Å². The van der Waals surface area contributed by atoms with E-state index in [-0.39, 0.29) is 29.1 Å². The van der Waals surface area contributed by atoms with Crippen LogP contribution < -0.4 is 4.74 Å². The van der Waals surface area contributed by atoms with E-state index in [4.69, 9.17) is 9.47 Å². The van der Waals surface area contributed by atoms with Crippen LogP contribution in [-0.4, -0.2) is 24.8 Å². The first-order valence-corrected chi connectivity index (χ1v) is 9.24. The Hall–Kier alpha value is -2.17. The third-order valence-electron chi connectivity index (χ3n) is 3.78. The number of aldehydes is 1. The minimum atomic E-state index is -0.863. The van der Waals surface area contributed by atoms with Crippen LogP contribution in [0.2, 0.25) is 0 Å². The third-order valence-corrected chi connectivity index (χ3v) is 3.78. The van der Waals surface area contributed by atoms with Crippen LogP contribution in [0.4, 0.5) is 4.79 Å². The van der Waals surface area contributed by atoms with Gasteiger partial charge in [0.15, 0.2) is 12.1 Å². The van der Waals surface area contributed by atoms with Gasteiger partial charge in [0.1, 0.15) is 5.75 Å². The van der Waals surface area contributed by atoms with Crippen molar-refractivity contribution in [3.63, 3.8) is 0 Å². The topological polar surface area (TPSA) is 69.7 Å². The zero-order chi connectivity index (χ0) is 19.6. The summed E-state index contributed by atoms with van der Waals surface area (Å²) in [6, 6.07) is 4.51. The van der Waals surface area contributed by atoms with Gasteiger partial charge in [0, 0.05) is 12.0 Å². The highest BCUT2D eigenvalue weighted by molar-refractivity contribution is 5.98. The molecule has 0 atom stereocenters. The van der Waals surface area contributed by atoms with Gasteiger partial charge in [-0.1, -0.05) is 53.4 Å². The number of ketones is 1. The van der Waals surface area contributed by atoms with Crippen LogP contribution in [0.15, 0.2) is 18.2 Å². The maximum atomic E-state index is 12.2. The second-order valence-corrected chi connectivity index (χ2v) is 7.66. The average Bonchev–Trinajstić information content (AvgIpc) is 2.59. The molecule has 0 aromatic heterocycles. The number of carbonyl (C=O) groups is 3. The van der Waals surface area contributed by atoms with Crippen LogP contribution >= 0.6 is 0 Å². The molecule has 0 aliphatic carbocycles. The number of unbranched alkanes of at least 4 members (excludes halogenated alkanes) is 4. The zero-order valence-electron chi connectivity index (χ0n) is 16.3. The molecule has 0 unspecified atom stereocenters. The normalized spacial score (nSPS) is 11.1. The molecule has 0 bridgehead atoms. The first-order chi connectivity index (χ1) is 12.3. The second kappa shape index (κ2) is 10.7. The Morgan fingerprint density at radius 2 is 1.77 bits per heavy atom. The van der Waals surface area contributed by atoms with E-state index in [0.29, 0.717) is 18.3 Å². The van der Waals surface area contributed by atoms with Crippen LogP contribution in [-0.2, 0) is 4.74 Å². The van der Waals surface area contributed by atoms with Gasteiger partial charge in [-0.2, -0.15) is 0 Å². The molecule has 0 N–H and O–H groups in total. The number of ether oxygens (including phenoxy) is 2. The predicted octanol–water partition coefficient (Wildman–Crippen LogP) is 5.60. The minimum Gasteiger partial charge on any atom is -0.433 e. The lowest BCUT2D eigenvalue weighted by molar-refractivity contribution is 0.0682. The number of carbonyl (C=O) groups excluding carboxylic acids is 3. The van der Waals surface area contributed by atoms with E-state index in [9.17, 15) is 14.4 Å². The molecule has 1 aromatic carbocycles. The fraction of sp³-hybridized carbons (Fsp3) is 0.571. The van der Waals surface area contributed by atoms with Crippen molar-refractivity contribution in [2.75, 3.05) is 6.61 Å². The van der Waals surface area contributed by atoms with Crippen molar-refractivity contribution in [1.29, 1.82) is 0 Å². The highest BCUT2D eigenvalue weighted by Crippen LogP contribution is 2.21. The molecule has 0 saturated carbocycles. The van der Waals surface area contributed by atoms with Gasteiger partial charge in [0.05, 0.1) is 12.2 Å². The quantitative estimate of drug-likeness (QED) is 0.178. The number of Topliss-reactive ketones (excluding diaryl/α,β-unsaturated/α-hetero) is 1. The van der Waals surface area contributed by atoms with Crippen molar-refractivity contribution in [3.05, 3.63) is 29.3 Å². The molecule has 0 radical (unpaired) electrons. The first-order valence-electron chi connectivity index (χ1n) is 9.24. The van der Waals surface area contributed by atoms with E-state index in [1.165, 1.54) is 18.6 Å². The average molecular weight is 362 g/mol. The molecular formula is C21H30O5. The summed E-state index contributed by atoms with van der Waals surface area (Å²) in [5.41, 5.74) is 0.437. The van der Waals surface area contributed by atoms with Crippen molar-refractivity contribution in [2.24, 2.45) is 5.41 Å². The van der Waals surface area contributed by atoms with Gasteiger partial charge in [-0.15, -0.1) is 0 Å². The number of hydrogen-bond acceptors (Lipinski definition) is 5. The number of benzene rings is 1. The highest BCUT2D eigenvalue weighted by atomic mass is 16.7. The fourth-order valence-electron chi connectivity index (χ4n) is 2.34. The van der Waals surface area contributed by atoms with Crippen LogP contribution in [0.1, 0.15) is 86.9 Å². The van der Waals surface area contributed by atoms with Gasteiger partial charge < -0.3 is 9.47 Å². The summed E-state index contributed by atoms with van der Waals surface area (Å²) >= 11 is 0. The van der Waals surface area contributed by atoms with E-state index in [0.717, 1.165) is 25.7 Å². The Kier molecular flexibility index (Phi) is 9.03. The van der Waals surface area contributed by atoms with Crippen LogP contribution in [0, 0.1) is 5.41 Å². The summed E-state index contributed by atoms with van der Waals surface area (Å²) in [4.78, 5) is 35.3. The lowest BCUT2D eigenvalue weighted by atomic mass is 9.99. The molecule has 0 heterocycles. The largest absolute Gasteiger partial charge is 0.513 e. The molecule has 0 spiro atoms. The van der Waals surface area contributed by atoms with Crippen molar-refractivity contribution < 1.29 is 23.9 Å². The summed E-state index contributed by atoms with van der Waals surface area (Å²) in [7, 11) is 0. The van der Waals surface area contributed by atoms with Crippen molar-refractivity contribution >= 4 is 18.2 Å². The Balaban J connectivity index is 2.64. The Bertz CT molecular complexity index is 613. The molecule has 5 nitrogen and oxygen atoms in total. The number of hydrogen-bond donors (Lipinski definition) is 0. The van der Waals surface area contributed by atoms with E-state index in [2.05, 4.69) is 6.92 Å². The molecule has 0 aliphatic rings. The minimum absolute atomic E-state index is 0.00791. The highest BCUT2D eigenvalue weighted by Gasteiger charge is 2.17. The monoisotopic (exact) mass is 362 g/mol. The first kappa shape index (κ1) is 21.9. The summed E-state index contributed by atoms with van der Waals surface area (Å²) in [5, 5.41) is 0. The molecule has 26 heavy (non-hydrogen) atoms. The second-order valence-electron chi connectivity index (χ2n) is 7.66. The fourth-order valence-corrected chi connectivity index (χ4v) is 2.34. The smallest absolute Gasteiger partial charge is 0.433 e. The van der Waals surface area contributed by atoms with Crippen LogP contribution in [0.3, 0.4) is 0 Å². The Morgan fingerprint density at radius 1 is 1.08 bits per heavy atom. The molecule has 144 valence electrons. The van der Waals surface area contributed by atoms with Crippen molar-refractivity contribution in [1.82, 2.24) is 0 Å². The third kappa shape index (κ3) is 8.28. The summed E-state index contributed by atoms with van der Waals surface area (Å²) < 4.78 is 10.1. The maximum absolute atomic E-state index is 12.2. The maximum Gasteiger partial charge on any atom is 0.513 e. The predicted molar refractivity (Wildman–Crippen MR) is 101 cm³/mol. The molecule has 1 rings (SSSR count). The molecule has 0 saturated heterocycles. The number of rotatable bonds is 10. The van der Waals surface area contributed by atoms with Gasteiger partial charge in [-0.3, -0.25) is 9.59 Å². The van der Waals surface area contributed by atoms with E-state index in [1.54, 1.807) is 6.07 Å². The van der Waals surface area contributed by atoms with Crippen LogP contribution in [0.25, 0.3) is 0 Å². The molecule has 0 aliphatic heterocycles. The SMILES string of the molecule is CCCCCCCC(=O)c1ccc(OC(=O)OCC(C)(C)C)c(C=O)c1. The van der Waals surface area contributed by atoms with Crippen molar-refractivity contribution in [3.8, 4) is 5.75 Å². The summed E-state index contributed by atoms with van der Waals surface area (Å²) in [6.45, 7) is 8.14. The van der Waals surface area contributed by atoms with E-state index in [1.807, 2.05) is 20.8 Å². The van der Waals surface area contributed by atoms with Gasteiger partial charge in [-0.05, 0) is 30.0 Å². The Labute approximate surface area is 156 Å².